The molecule has 0 N–H and O–H groups in total. The average molecular weight is 443 g/mol. The Morgan fingerprint density at radius 1 is 1.29 bits per heavy atom. The second-order valence-electron chi connectivity index (χ2n) is 7.43. The number of rotatable bonds is 8. The summed E-state index contributed by atoms with van der Waals surface area (Å²) in [6.07, 6.45) is 9.42. The van der Waals surface area contributed by atoms with Crippen LogP contribution in [0.3, 0.4) is 0 Å². The van der Waals surface area contributed by atoms with Crippen LogP contribution in [0, 0.1) is 22.5 Å². The van der Waals surface area contributed by atoms with Crippen LogP contribution in [0.4, 0.5) is 11.4 Å². The first-order valence-electron chi connectivity index (χ1n) is 10.3. The van der Waals surface area contributed by atoms with Crippen LogP contribution < -0.4 is 4.90 Å². The van der Waals surface area contributed by atoms with Crippen molar-refractivity contribution in [3.63, 3.8) is 0 Å². The molecule has 0 radical (unpaired) electrons. The highest BCUT2D eigenvalue weighted by molar-refractivity contribution is 7.89. The summed E-state index contributed by atoms with van der Waals surface area (Å²) in [5, 5.41) is 11.5. The first-order valence-corrected chi connectivity index (χ1v) is 11.7. The molecule has 1 aliphatic rings. The first kappa shape index (κ1) is 22.7. The van der Waals surface area contributed by atoms with Gasteiger partial charge in [0.1, 0.15) is 4.90 Å². The molecule has 3 rings (SSSR count). The molecule has 0 atom stereocenters. The normalized spacial score (nSPS) is 14.0. The Morgan fingerprint density at radius 3 is 2.61 bits per heavy atom. The third kappa shape index (κ3) is 4.55. The Hall–Kier alpha value is -2.96. The maximum Gasteiger partial charge on any atom is 0.272 e. The van der Waals surface area contributed by atoms with Crippen LogP contribution in [-0.4, -0.2) is 42.3 Å². The molecule has 0 bridgehead atoms. The van der Waals surface area contributed by atoms with Crippen molar-refractivity contribution in [1.82, 2.24) is 9.29 Å². The Kier molecular flexibility index (Phi) is 6.93. The van der Waals surface area contributed by atoms with Crippen molar-refractivity contribution in [3.8, 4) is 12.3 Å². The maximum absolute atomic E-state index is 13.8. The topological polar surface area (TPSA) is 96.6 Å². The molecule has 0 fully saturated rings. The lowest BCUT2D eigenvalue weighted by Crippen LogP contribution is -2.37. The lowest BCUT2D eigenvalue weighted by Gasteiger charge is -2.31. The molecule has 0 unspecified atom stereocenters. The van der Waals surface area contributed by atoms with Gasteiger partial charge in [-0.2, -0.15) is 4.31 Å². The molecule has 1 aromatic carbocycles. The quantitative estimate of drug-likeness (QED) is 0.353. The lowest BCUT2D eigenvalue weighted by molar-refractivity contribution is -0.385. The number of pyridine rings is 1. The van der Waals surface area contributed by atoms with E-state index >= 15 is 0 Å². The summed E-state index contributed by atoms with van der Waals surface area (Å²) in [5.41, 5.74) is 1.96. The molecule has 164 valence electrons. The summed E-state index contributed by atoms with van der Waals surface area (Å²) in [7, 11) is -4.04. The van der Waals surface area contributed by atoms with Crippen LogP contribution in [0.5, 0.6) is 0 Å². The minimum absolute atomic E-state index is 0.108. The van der Waals surface area contributed by atoms with E-state index in [0.717, 1.165) is 30.2 Å². The Morgan fingerprint density at radius 2 is 2.00 bits per heavy atom. The molecular weight excluding hydrogens is 416 g/mol. The van der Waals surface area contributed by atoms with Crippen molar-refractivity contribution in [2.24, 2.45) is 0 Å². The van der Waals surface area contributed by atoms with Crippen LogP contribution in [-0.2, 0) is 23.0 Å². The van der Waals surface area contributed by atoms with Gasteiger partial charge in [0.15, 0.2) is 0 Å². The number of fused-ring (bicyclic) bond motifs is 1. The third-order valence-corrected chi connectivity index (χ3v) is 7.13. The smallest absolute Gasteiger partial charge is 0.272 e. The summed E-state index contributed by atoms with van der Waals surface area (Å²) in [6.45, 7) is 5.59. The minimum atomic E-state index is -4.04. The number of terminal acetylenes is 1. The molecule has 9 heteroatoms. The summed E-state index contributed by atoms with van der Waals surface area (Å²) in [6, 6.07) is 6.05. The van der Waals surface area contributed by atoms with Gasteiger partial charge in [0.05, 0.1) is 16.2 Å². The third-order valence-electron chi connectivity index (χ3n) is 5.28. The number of aromatic nitrogens is 1. The van der Waals surface area contributed by atoms with Gasteiger partial charge in [-0.25, -0.2) is 8.42 Å². The molecule has 1 aromatic heterocycles. The van der Waals surface area contributed by atoms with E-state index < -0.39 is 14.9 Å². The van der Waals surface area contributed by atoms with Gasteiger partial charge >= 0.3 is 0 Å². The molecule has 0 saturated heterocycles. The fraction of sp³-hybridized carbons (Fsp3) is 0.409. The zero-order chi connectivity index (χ0) is 22.6. The van der Waals surface area contributed by atoms with E-state index in [1.807, 2.05) is 24.8 Å². The van der Waals surface area contributed by atoms with E-state index in [0.29, 0.717) is 25.2 Å². The second-order valence-corrected chi connectivity index (χ2v) is 9.33. The van der Waals surface area contributed by atoms with Gasteiger partial charge in [0, 0.05) is 56.6 Å². The molecular formula is C22H26N4O4S. The van der Waals surface area contributed by atoms with Crippen LogP contribution >= 0.6 is 0 Å². The molecule has 0 aliphatic carbocycles. The maximum atomic E-state index is 13.8. The lowest BCUT2D eigenvalue weighted by atomic mass is 10.1. The van der Waals surface area contributed by atoms with E-state index in [-0.39, 0.29) is 29.2 Å². The van der Waals surface area contributed by atoms with Crippen LogP contribution in [0.15, 0.2) is 35.4 Å². The number of benzene rings is 1. The van der Waals surface area contributed by atoms with Crippen molar-refractivity contribution < 1.29 is 13.3 Å². The number of hydrogen-bond acceptors (Lipinski definition) is 6. The molecule has 0 saturated carbocycles. The monoisotopic (exact) mass is 442 g/mol. The Labute approximate surface area is 183 Å². The van der Waals surface area contributed by atoms with Crippen molar-refractivity contribution in [3.05, 3.63) is 57.4 Å². The molecule has 0 amide bonds. The number of non-ortho nitro benzene ring substituents is 1. The van der Waals surface area contributed by atoms with Crippen molar-refractivity contribution >= 4 is 21.4 Å². The SMILES string of the molecule is C#Cc1cc([N+](=O)[O-])cc(S(=O)(=O)N2CCc3ncccc3C2)c1N(CCC)CCC. The number of nitrogens with zero attached hydrogens (tertiary/aromatic N) is 4. The fourth-order valence-electron chi connectivity index (χ4n) is 3.89. The fourth-order valence-corrected chi connectivity index (χ4v) is 5.56. The van der Waals surface area contributed by atoms with Gasteiger partial charge in [0.2, 0.25) is 10.0 Å². The number of nitro groups is 1. The van der Waals surface area contributed by atoms with Crippen molar-refractivity contribution in [1.29, 1.82) is 0 Å². The Bertz CT molecular complexity index is 1120. The van der Waals surface area contributed by atoms with Crippen LogP contribution in [0.2, 0.25) is 0 Å². The number of anilines is 1. The highest BCUT2D eigenvalue weighted by atomic mass is 32.2. The molecule has 31 heavy (non-hydrogen) atoms. The zero-order valence-corrected chi connectivity index (χ0v) is 18.6. The van der Waals surface area contributed by atoms with E-state index in [4.69, 9.17) is 6.42 Å². The predicted octanol–water partition coefficient (Wildman–Crippen LogP) is 3.34. The average Bonchev–Trinajstić information content (AvgIpc) is 2.77. The van der Waals surface area contributed by atoms with Gasteiger partial charge in [0.25, 0.3) is 5.69 Å². The van der Waals surface area contributed by atoms with E-state index in [2.05, 4.69) is 10.9 Å². The Balaban J connectivity index is 2.18. The van der Waals surface area contributed by atoms with E-state index in [9.17, 15) is 18.5 Å². The minimum Gasteiger partial charge on any atom is -0.369 e. The van der Waals surface area contributed by atoms with Gasteiger partial charge < -0.3 is 4.90 Å². The zero-order valence-electron chi connectivity index (χ0n) is 17.7. The molecule has 2 aromatic rings. The van der Waals surface area contributed by atoms with Gasteiger partial charge in [-0.1, -0.05) is 25.8 Å². The molecule has 1 aliphatic heterocycles. The summed E-state index contributed by atoms with van der Waals surface area (Å²) in [5.74, 6) is 2.48. The van der Waals surface area contributed by atoms with Crippen molar-refractivity contribution in [2.75, 3.05) is 24.5 Å². The summed E-state index contributed by atoms with van der Waals surface area (Å²) in [4.78, 5) is 17.1. The van der Waals surface area contributed by atoms with Crippen molar-refractivity contribution in [2.45, 2.75) is 44.6 Å². The first-order chi connectivity index (χ1) is 14.8. The number of hydrogen-bond donors (Lipinski definition) is 0. The standard InChI is InChI=1S/C22H26N4O4S/c1-4-11-24(12-5-2)22-17(6-3)14-19(26(27)28)15-21(22)31(29,30)25-13-9-20-18(16-25)8-7-10-23-20/h3,7-8,10,14-15H,4-5,9,11-13,16H2,1-2H3. The number of sulfonamides is 1. The molecule has 8 nitrogen and oxygen atoms in total. The second kappa shape index (κ2) is 9.45. The van der Waals surface area contributed by atoms with E-state index in [1.165, 1.54) is 10.4 Å². The van der Waals surface area contributed by atoms with Crippen LogP contribution in [0.25, 0.3) is 0 Å². The van der Waals surface area contributed by atoms with Gasteiger partial charge in [-0.05, 0) is 24.5 Å². The highest BCUT2D eigenvalue weighted by Gasteiger charge is 2.34. The highest BCUT2D eigenvalue weighted by Crippen LogP contribution is 2.36. The summed E-state index contributed by atoms with van der Waals surface area (Å²) < 4.78 is 28.9. The summed E-state index contributed by atoms with van der Waals surface area (Å²) >= 11 is 0. The van der Waals surface area contributed by atoms with Gasteiger partial charge in [-0.15, -0.1) is 6.42 Å². The predicted molar refractivity (Wildman–Crippen MR) is 119 cm³/mol. The molecule has 0 spiro atoms. The number of nitro benzene ring substituents is 1. The van der Waals surface area contributed by atoms with E-state index in [1.54, 1.807) is 12.3 Å². The molecule has 2 heterocycles. The largest absolute Gasteiger partial charge is 0.369 e. The van der Waals surface area contributed by atoms with Gasteiger partial charge in [-0.3, -0.25) is 15.1 Å². The van der Waals surface area contributed by atoms with Crippen LogP contribution in [0.1, 0.15) is 43.5 Å².